The number of aliphatic hydroxyl groups is 16. The Bertz CT molecular complexity index is 3280. The Hall–Kier alpha value is -2.19. The van der Waals surface area contributed by atoms with Crippen molar-refractivity contribution >= 4 is 137 Å². The third kappa shape index (κ3) is 29.9. The maximum atomic E-state index is 12.3. The van der Waals surface area contributed by atoms with Crippen molar-refractivity contribution in [3.8, 4) is 0 Å². The van der Waals surface area contributed by atoms with Crippen LogP contribution in [0.2, 0.25) is 0 Å². The van der Waals surface area contributed by atoms with Gasteiger partial charge in [-0.05, 0) is 12.2 Å². The van der Waals surface area contributed by atoms with Crippen molar-refractivity contribution in [1.82, 2.24) is 0 Å². The van der Waals surface area contributed by atoms with Crippen LogP contribution in [0.3, 0.4) is 0 Å². The first kappa shape index (κ1) is 107. The molecule has 0 aromatic heterocycles. The summed E-state index contributed by atoms with van der Waals surface area (Å²) >= 11 is 7.89. The Kier molecular flexibility index (Phi) is 45.5. The first-order chi connectivity index (χ1) is 60.2. The van der Waals surface area contributed by atoms with Gasteiger partial charge in [-0.3, -0.25) is 33.6 Å². The van der Waals surface area contributed by atoms with Crippen molar-refractivity contribution in [3.05, 3.63) is 0 Å². The minimum absolute atomic E-state index is 0.0332. The SMILES string of the molecule is CCCSCC1OC2OC3C(CSCCC(=O)O)OC(OC4C(CSCCC(=O)O)OC(OC5C(CSCCC(=O)O)OC(OC6C(CSCCOC=O)OC(OC7C(CSCCOC=O)OC(OC8C(CSCCC(=O)O)OC(OC9C(CSCCC(=O)O)OC(OC1C(O)C2O)C(O)C9O)C(O)C8O)C(O)C7O)C(O)C6O)C(O)C5O)C(O)C4O)C(O)C3O. The van der Waals surface area contributed by atoms with Gasteiger partial charge < -0.3 is 193 Å². The maximum Gasteiger partial charge on any atom is 0.304 e. The molecule has 46 nitrogen and oxygen atoms in total. The number of carbonyl (C=O) groups excluding carboxylic acids is 2. The predicted molar refractivity (Wildman–Crippen MR) is 439 cm³/mol. The van der Waals surface area contributed by atoms with Crippen molar-refractivity contribution in [2.75, 3.05) is 105 Å². The molecular weight excluding hydrogens is 1860 g/mol. The van der Waals surface area contributed by atoms with Crippen molar-refractivity contribution in [2.45, 2.75) is 291 Å². The zero-order valence-electron chi connectivity index (χ0n) is 67.6. The molecule has 30 heterocycles. The van der Waals surface area contributed by atoms with E-state index in [1.165, 1.54) is 11.8 Å². The molecule has 126 heavy (non-hydrogen) atoms. The molecule has 0 radical (unpaired) electrons. The largest absolute Gasteiger partial charge is 0.481 e. The average Bonchev–Trinajstić information content (AvgIpc) is 0.771. The first-order valence-corrected chi connectivity index (χ1v) is 49.6. The van der Waals surface area contributed by atoms with Crippen molar-refractivity contribution in [3.63, 3.8) is 0 Å². The van der Waals surface area contributed by atoms with Gasteiger partial charge in [0.25, 0.3) is 12.9 Å². The molecule has 40 atom stereocenters. The molecule has 30 rings (SSSR count). The second kappa shape index (κ2) is 53.4. The Morgan fingerprint density at radius 1 is 0.230 bits per heavy atom. The van der Waals surface area contributed by atoms with Crippen LogP contribution in [0, 0.1) is 0 Å². The molecule has 30 fully saturated rings. The topological polar surface area (TPSA) is 710 Å². The van der Waals surface area contributed by atoms with Gasteiger partial charge in [0.1, 0.15) is 160 Å². The highest BCUT2D eigenvalue weighted by Gasteiger charge is 2.61. The second-order valence-corrected chi connectivity index (χ2v) is 39.4. The van der Waals surface area contributed by atoms with Crippen LogP contribution in [0.5, 0.6) is 0 Å². The number of rotatable bonds is 41. The Balaban J connectivity index is 1.11. The van der Waals surface area contributed by atoms with Gasteiger partial charge in [-0.1, -0.05) is 6.92 Å². The number of carbonyl (C=O) groups is 7. The third-order valence-corrected chi connectivity index (χ3v) is 29.8. The van der Waals surface area contributed by atoms with Crippen LogP contribution < -0.4 is 0 Å². The van der Waals surface area contributed by atoms with E-state index in [-0.39, 0.29) is 112 Å². The molecule has 30 aliphatic heterocycles. The fourth-order valence-corrected chi connectivity index (χ4v) is 22.3. The summed E-state index contributed by atoms with van der Waals surface area (Å²) in [6.45, 7) is 1.80. The number of carboxylic acid groups (broad SMARTS) is 5. The van der Waals surface area contributed by atoms with Crippen molar-refractivity contribution in [1.29, 1.82) is 0 Å². The van der Waals surface area contributed by atoms with Crippen LogP contribution in [-0.4, -0.2) is 501 Å². The standard InChI is InChI=1S/C72H114O46S8/c1-2-10-119-18-28-57-41(85)49(93)65(103-28)112-58-29(19-120-11-3-36(75)76)105-67(51(95)43(58)87)114-60-31(21-122-13-5-38(79)80)106-68(52(96)44(60)88)115-61-32(22-123-14-6-39(81)82)108-70(54(98)46(61)90)117-63-34(24-125-16-8-101-26-73)110-72(56(100)48(63)92)118-64-35(25-126-17-9-102-27-74)109-71(55(99)47(64)91)116-62-33(23-124-15-7-40(83)84)107-69(53(97)45(62)89)113-59-30(20-121-12-4-37(77)78)104-66(111-57)50(94)42(59)86/h26-35,41-72,85-100H,2-25H2,1H3,(H,75,76)(H,77,78)(H,79,80)(H,81,82)(H,83,84). The van der Waals surface area contributed by atoms with Crippen LogP contribution in [0.25, 0.3) is 0 Å². The number of thioether (sulfide) groups is 8. The lowest BCUT2D eigenvalue weighted by molar-refractivity contribution is -0.396. The Morgan fingerprint density at radius 2 is 0.373 bits per heavy atom. The van der Waals surface area contributed by atoms with Gasteiger partial charge in [0.05, 0.1) is 80.9 Å². The smallest absolute Gasteiger partial charge is 0.304 e. The van der Waals surface area contributed by atoms with Gasteiger partial charge in [0, 0.05) is 86.3 Å². The maximum absolute atomic E-state index is 12.3. The monoisotopic (exact) mass is 1970 g/mol. The summed E-state index contributed by atoms with van der Waals surface area (Å²) < 4.78 is 111. The summed E-state index contributed by atoms with van der Waals surface area (Å²) in [5.74, 6) is -8.49. The molecule has 21 N–H and O–H groups in total. The number of aliphatic hydroxyl groups excluding tert-OH is 16. The predicted octanol–water partition coefficient (Wildman–Crippen LogP) is -7.35. The van der Waals surface area contributed by atoms with Gasteiger partial charge in [0.2, 0.25) is 0 Å². The summed E-state index contributed by atoms with van der Waals surface area (Å²) in [4.78, 5) is 81.4. The number of ether oxygens (including phenoxy) is 18. The van der Waals surface area contributed by atoms with Gasteiger partial charge in [-0.15, -0.1) is 0 Å². The first-order valence-electron chi connectivity index (χ1n) is 40.4. The molecule has 0 aliphatic carbocycles. The molecule has 0 saturated carbocycles. The van der Waals surface area contributed by atoms with Crippen LogP contribution >= 0.6 is 94.1 Å². The molecule has 0 aromatic rings. The highest BCUT2D eigenvalue weighted by molar-refractivity contribution is 8.00. The quantitative estimate of drug-likeness (QED) is 0.0200. The number of hydrogen-bond donors (Lipinski definition) is 21. The summed E-state index contributed by atoms with van der Waals surface area (Å²) in [6.07, 6.45) is -80.6. The molecule has 16 bridgehead atoms. The summed E-state index contributed by atoms with van der Waals surface area (Å²) in [5.41, 5.74) is 0. The zero-order valence-corrected chi connectivity index (χ0v) is 74.1. The molecule has 54 heteroatoms. The summed E-state index contributed by atoms with van der Waals surface area (Å²) in [6, 6.07) is 0. The normalized spacial score (nSPS) is 41.9. The molecule has 30 aliphatic rings. The van der Waals surface area contributed by atoms with Gasteiger partial charge >= 0.3 is 29.8 Å². The highest BCUT2D eigenvalue weighted by atomic mass is 32.2. The lowest BCUT2D eigenvalue weighted by Crippen LogP contribution is -2.69. The average molecular weight is 1970 g/mol. The van der Waals surface area contributed by atoms with E-state index in [4.69, 9.17) is 85.3 Å². The fraction of sp³-hybridized carbons (Fsp3) is 0.903. The molecule has 726 valence electrons. The summed E-state index contributed by atoms with van der Waals surface area (Å²) in [7, 11) is 0. The van der Waals surface area contributed by atoms with Crippen LogP contribution in [0.15, 0.2) is 0 Å². The van der Waals surface area contributed by atoms with E-state index in [1.807, 2.05) is 6.92 Å². The zero-order chi connectivity index (χ0) is 91.8. The lowest BCUT2D eigenvalue weighted by Gasteiger charge is -2.51. The van der Waals surface area contributed by atoms with Gasteiger partial charge in [-0.2, -0.15) is 94.1 Å². The second-order valence-electron chi connectivity index (χ2n) is 30.3. The van der Waals surface area contributed by atoms with E-state index in [2.05, 4.69) is 0 Å². The van der Waals surface area contributed by atoms with Gasteiger partial charge in [0.15, 0.2) is 50.3 Å². The van der Waals surface area contributed by atoms with E-state index in [9.17, 15) is 141 Å². The minimum Gasteiger partial charge on any atom is -0.481 e. The third-order valence-electron chi connectivity index (χ3n) is 21.2. The lowest BCUT2D eigenvalue weighted by atomic mass is 9.95. The van der Waals surface area contributed by atoms with Crippen LogP contribution in [-0.2, 0) is 119 Å². The van der Waals surface area contributed by atoms with Crippen LogP contribution in [0.1, 0.15) is 45.4 Å². The van der Waals surface area contributed by atoms with Crippen LogP contribution in [0.4, 0.5) is 0 Å². The van der Waals surface area contributed by atoms with Crippen molar-refractivity contribution in [2.24, 2.45) is 0 Å². The van der Waals surface area contributed by atoms with E-state index < -0.39 is 308 Å². The molecule has 0 amide bonds. The van der Waals surface area contributed by atoms with Gasteiger partial charge in [-0.25, -0.2) is 0 Å². The number of aliphatic carboxylic acids is 5. The summed E-state index contributed by atoms with van der Waals surface area (Å²) in [5, 5.41) is 244. The fourth-order valence-electron chi connectivity index (χ4n) is 14.6. The van der Waals surface area contributed by atoms with E-state index in [0.717, 1.165) is 82.3 Å². The molecule has 30 saturated heterocycles. The van der Waals surface area contributed by atoms with Crippen molar-refractivity contribution < 1.29 is 226 Å². The Morgan fingerprint density at radius 3 is 0.508 bits per heavy atom. The molecular formula is C72H114O46S8. The Labute approximate surface area is 754 Å². The van der Waals surface area contributed by atoms with E-state index >= 15 is 0 Å². The molecule has 40 unspecified atom stereocenters. The minimum atomic E-state index is -2.28. The molecule has 0 spiro atoms. The number of carboxylic acids is 5. The van der Waals surface area contributed by atoms with E-state index in [1.54, 1.807) is 0 Å². The molecule has 0 aromatic carbocycles. The van der Waals surface area contributed by atoms with E-state index in [0.29, 0.717) is 12.2 Å². The number of hydrogen-bond acceptors (Lipinski definition) is 49. The highest BCUT2D eigenvalue weighted by Crippen LogP contribution is 2.43.